The molecular weight excluding hydrogens is 396 g/mol. The van der Waals surface area contributed by atoms with Crippen LogP contribution in [-0.2, 0) is 6.54 Å². The van der Waals surface area contributed by atoms with Gasteiger partial charge in [-0.1, -0.05) is 6.92 Å². The Bertz CT molecular complexity index is 654. The highest BCUT2D eigenvalue weighted by Crippen LogP contribution is 2.25. The quantitative estimate of drug-likeness (QED) is 0.448. The number of rotatable bonds is 4. The number of hydrogen-bond acceptors (Lipinski definition) is 2. The lowest BCUT2D eigenvalue weighted by molar-refractivity contribution is 0.530. The number of benzene rings is 1. The minimum atomic E-state index is -0.250. The first-order valence-electron chi connectivity index (χ1n) is 7.19. The molecule has 0 aliphatic rings. The first-order chi connectivity index (χ1) is 10.0. The molecule has 6 heteroatoms. The Labute approximate surface area is 147 Å². The number of hydrogen-bond donors (Lipinski definition) is 2. The predicted molar refractivity (Wildman–Crippen MR) is 99.4 cm³/mol. The molecule has 0 fully saturated rings. The van der Waals surface area contributed by atoms with Gasteiger partial charge in [-0.3, -0.25) is 4.99 Å². The van der Waals surface area contributed by atoms with Gasteiger partial charge in [-0.25, -0.2) is 4.39 Å². The summed E-state index contributed by atoms with van der Waals surface area (Å²) in [7, 11) is 1.73. The summed E-state index contributed by atoms with van der Waals surface area (Å²) in [6.07, 6.45) is 1.02. The van der Waals surface area contributed by atoms with E-state index in [2.05, 4.69) is 29.5 Å². The molecule has 4 nitrogen and oxygen atoms in total. The first kappa shape index (κ1) is 18.7. The van der Waals surface area contributed by atoms with Crippen molar-refractivity contribution in [2.75, 3.05) is 7.05 Å². The van der Waals surface area contributed by atoms with Crippen LogP contribution in [0.2, 0.25) is 0 Å². The maximum atomic E-state index is 13.3. The molecular formula is C16H23FIN3O. The van der Waals surface area contributed by atoms with E-state index in [0.717, 1.165) is 29.1 Å². The summed E-state index contributed by atoms with van der Waals surface area (Å²) in [6.45, 7) is 6.66. The van der Waals surface area contributed by atoms with Crippen molar-refractivity contribution in [3.63, 3.8) is 0 Å². The molecule has 22 heavy (non-hydrogen) atoms. The van der Waals surface area contributed by atoms with Crippen molar-refractivity contribution in [3.05, 3.63) is 35.3 Å². The molecule has 122 valence electrons. The van der Waals surface area contributed by atoms with Crippen LogP contribution in [0.1, 0.15) is 31.6 Å². The van der Waals surface area contributed by atoms with Crippen LogP contribution < -0.4 is 10.6 Å². The summed E-state index contributed by atoms with van der Waals surface area (Å²) < 4.78 is 19.1. The van der Waals surface area contributed by atoms with Gasteiger partial charge >= 0.3 is 0 Å². The summed E-state index contributed by atoms with van der Waals surface area (Å²) in [5, 5.41) is 7.32. The number of nitrogens with one attached hydrogen (secondary N) is 2. The molecule has 1 aromatic heterocycles. The highest BCUT2D eigenvalue weighted by Gasteiger charge is 2.12. The van der Waals surface area contributed by atoms with E-state index in [1.54, 1.807) is 13.1 Å². The fourth-order valence-corrected chi connectivity index (χ4v) is 2.11. The maximum Gasteiger partial charge on any atom is 0.191 e. The number of nitrogens with zero attached hydrogens (tertiary/aromatic N) is 1. The number of furan rings is 1. The second-order valence-corrected chi connectivity index (χ2v) is 5.17. The van der Waals surface area contributed by atoms with E-state index in [9.17, 15) is 4.39 Å². The Kier molecular flexibility index (Phi) is 7.12. The zero-order chi connectivity index (χ0) is 15.4. The van der Waals surface area contributed by atoms with E-state index in [1.807, 2.05) is 6.92 Å². The van der Waals surface area contributed by atoms with Crippen LogP contribution in [0.4, 0.5) is 4.39 Å². The van der Waals surface area contributed by atoms with Gasteiger partial charge in [0, 0.05) is 24.0 Å². The molecule has 2 aromatic rings. The Balaban J connectivity index is 0.00000242. The van der Waals surface area contributed by atoms with Crippen molar-refractivity contribution in [2.24, 2.45) is 4.99 Å². The van der Waals surface area contributed by atoms with Gasteiger partial charge in [0.25, 0.3) is 0 Å². The SMILES string of the molecule is CCC(C)NC(=NC)NCc1oc2ccc(F)cc2c1C.I. The number of fused-ring (bicyclic) bond motifs is 1. The third kappa shape index (κ3) is 4.34. The zero-order valence-electron chi connectivity index (χ0n) is 13.4. The molecule has 1 unspecified atom stereocenters. The van der Waals surface area contributed by atoms with Gasteiger partial charge in [0.05, 0.1) is 6.54 Å². The van der Waals surface area contributed by atoms with Crippen molar-refractivity contribution in [1.82, 2.24) is 10.6 Å². The highest BCUT2D eigenvalue weighted by molar-refractivity contribution is 14.0. The molecule has 0 spiro atoms. The van der Waals surface area contributed by atoms with Crippen LogP contribution in [0.3, 0.4) is 0 Å². The Hall–Kier alpha value is -1.31. The first-order valence-corrected chi connectivity index (χ1v) is 7.19. The second-order valence-electron chi connectivity index (χ2n) is 5.17. The van der Waals surface area contributed by atoms with E-state index in [0.29, 0.717) is 18.2 Å². The molecule has 0 bridgehead atoms. The Morgan fingerprint density at radius 1 is 1.41 bits per heavy atom. The van der Waals surface area contributed by atoms with Gasteiger partial charge in [-0.15, -0.1) is 24.0 Å². The van der Waals surface area contributed by atoms with E-state index in [4.69, 9.17) is 4.42 Å². The summed E-state index contributed by atoms with van der Waals surface area (Å²) in [5.41, 5.74) is 1.66. The summed E-state index contributed by atoms with van der Waals surface area (Å²) in [4.78, 5) is 4.18. The molecule has 0 saturated heterocycles. The van der Waals surface area contributed by atoms with E-state index in [-0.39, 0.29) is 29.8 Å². The van der Waals surface area contributed by atoms with Gasteiger partial charge in [0.15, 0.2) is 5.96 Å². The van der Waals surface area contributed by atoms with Crippen LogP contribution in [0, 0.1) is 12.7 Å². The number of aryl methyl sites for hydroxylation is 1. The van der Waals surface area contributed by atoms with Crippen molar-refractivity contribution >= 4 is 40.9 Å². The average Bonchev–Trinajstić information content (AvgIpc) is 2.79. The van der Waals surface area contributed by atoms with Crippen LogP contribution in [0.5, 0.6) is 0 Å². The molecule has 0 aliphatic carbocycles. The zero-order valence-corrected chi connectivity index (χ0v) is 15.7. The van der Waals surface area contributed by atoms with Crippen molar-refractivity contribution in [3.8, 4) is 0 Å². The summed E-state index contributed by atoms with van der Waals surface area (Å²) in [5.74, 6) is 1.28. The van der Waals surface area contributed by atoms with E-state index < -0.39 is 0 Å². The van der Waals surface area contributed by atoms with E-state index >= 15 is 0 Å². The Morgan fingerprint density at radius 3 is 2.77 bits per heavy atom. The number of halogens is 2. The monoisotopic (exact) mass is 419 g/mol. The predicted octanol–water partition coefficient (Wildman–Crippen LogP) is 3.96. The lowest BCUT2D eigenvalue weighted by Gasteiger charge is -2.15. The van der Waals surface area contributed by atoms with Gasteiger partial charge in [-0.05, 0) is 38.5 Å². The second kappa shape index (κ2) is 8.36. The molecule has 0 amide bonds. The van der Waals surface area contributed by atoms with E-state index in [1.165, 1.54) is 12.1 Å². The topological polar surface area (TPSA) is 49.6 Å². The van der Waals surface area contributed by atoms with Gasteiger partial charge < -0.3 is 15.1 Å². The van der Waals surface area contributed by atoms with Gasteiger partial charge in [-0.2, -0.15) is 0 Å². The molecule has 0 saturated carbocycles. The van der Waals surface area contributed by atoms with Gasteiger partial charge in [0.2, 0.25) is 0 Å². The average molecular weight is 419 g/mol. The standard InChI is InChI=1S/C16H22FN3O.HI/c1-5-10(2)20-16(18-4)19-9-15-11(3)13-8-12(17)6-7-14(13)21-15;/h6-8,10H,5,9H2,1-4H3,(H2,18,19,20);1H. The van der Waals surface area contributed by atoms with Crippen LogP contribution in [-0.4, -0.2) is 19.0 Å². The summed E-state index contributed by atoms with van der Waals surface area (Å²) in [6, 6.07) is 4.92. The lowest BCUT2D eigenvalue weighted by Crippen LogP contribution is -2.41. The van der Waals surface area contributed by atoms with Crippen LogP contribution in [0.25, 0.3) is 11.0 Å². The third-order valence-corrected chi connectivity index (χ3v) is 3.63. The van der Waals surface area contributed by atoms with Crippen molar-refractivity contribution in [1.29, 1.82) is 0 Å². The summed E-state index contributed by atoms with van der Waals surface area (Å²) >= 11 is 0. The molecule has 1 heterocycles. The smallest absolute Gasteiger partial charge is 0.191 e. The van der Waals surface area contributed by atoms with Crippen LogP contribution >= 0.6 is 24.0 Å². The lowest BCUT2D eigenvalue weighted by atomic mass is 10.1. The molecule has 0 radical (unpaired) electrons. The minimum Gasteiger partial charge on any atom is -0.459 e. The Morgan fingerprint density at radius 2 is 2.14 bits per heavy atom. The number of aliphatic imine (C=N–C) groups is 1. The van der Waals surface area contributed by atoms with Crippen LogP contribution in [0.15, 0.2) is 27.6 Å². The minimum absolute atomic E-state index is 0. The maximum absolute atomic E-state index is 13.3. The fraction of sp³-hybridized carbons (Fsp3) is 0.438. The van der Waals surface area contributed by atoms with Crippen molar-refractivity contribution < 1.29 is 8.81 Å². The highest BCUT2D eigenvalue weighted by atomic mass is 127. The third-order valence-electron chi connectivity index (χ3n) is 3.63. The largest absolute Gasteiger partial charge is 0.459 e. The molecule has 2 N–H and O–H groups in total. The molecule has 1 atom stereocenters. The number of guanidine groups is 1. The molecule has 1 aromatic carbocycles. The normalized spacial score (nSPS) is 12.9. The molecule has 2 rings (SSSR count). The van der Waals surface area contributed by atoms with Gasteiger partial charge in [0.1, 0.15) is 17.2 Å². The van der Waals surface area contributed by atoms with Crippen molar-refractivity contribution in [2.45, 2.75) is 39.8 Å². The molecule has 0 aliphatic heterocycles. The fourth-order valence-electron chi connectivity index (χ4n) is 2.11.